The van der Waals surface area contributed by atoms with Crippen LogP contribution in [0.25, 0.3) is 0 Å². The Bertz CT molecular complexity index is 854. The van der Waals surface area contributed by atoms with Crippen LogP contribution in [0.5, 0.6) is 5.75 Å². The fraction of sp³-hybridized carbons (Fsp3) is 0.263. The molecule has 1 aliphatic heterocycles. The number of ether oxygens (including phenoxy) is 1. The summed E-state index contributed by atoms with van der Waals surface area (Å²) in [4.78, 5) is 26.5. The smallest absolute Gasteiger partial charge is 0.325 e. The summed E-state index contributed by atoms with van der Waals surface area (Å²) < 4.78 is 32.0. The maximum Gasteiger partial charge on any atom is 0.325 e. The van der Waals surface area contributed by atoms with Gasteiger partial charge in [-0.15, -0.1) is 0 Å². The number of amides is 3. The molecule has 1 heterocycles. The summed E-state index contributed by atoms with van der Waals surface area (Å²) in [6, 6.07) is 8.75. The highest BCUT2D eigenvalue weighted by Gasteiger charge is 2.51. The van der Waals surface area contributed by atoms with Crippen LogP contribution in [0.3, 0.4) is 0 Å². The van der Waals surface area contributed by atoms with E-state index in [2.05, 4.69) is 5.32 Å². The molecule has 1 unspecified atom stereocenters. The van der Waals surface area contributed by atoms with Crippen molar-refractivity contribution in [3.05, 3.63) is 65.2 Å². The molecular formula is C19H18F2N2O3. The lowest BCUT2D eigenvalue weighted by molar-refractivity contribution is -0.132. The fourth-order valence-corrected chi connectivity index (χ4v) is 3.18. The topological polar surface area (TPSA) is 58.6 Å². The van der Waals surface area contributed by atoms with Gasteiger partial charge in [0.25, 0.3) is 5.91 Å². The van der Waals surface area contributed by atoms with Gasteiger partial charge in [-0.3, -0.25) is 9.69 Å². The van der Waals surface area contributed by atoms with Crippen molar-refractivity contribution >= 4 is 11.9 Å². The molecule has 1 atom stereocenters. The molecule has 7 heteroatoms. The molecule has 1 N–H and O–H groups in total. The van der Waals surface area contributed by atoms with Crippen molar-refractivity contribution in [3.63, 3.8) is 0 Å². The van der Waals surface area contributed by atoms with Gasteiger partial charge < -0.3 is 10.1 Å². The van der Waals surface area contributed by atoms with E-state index >= 15 is 0 Å². The Morgan fingerprint density at radius 2 is 1.73 bits per heavy atom. The maximum absolute atomic E-state index is 13.6. The van der Waals surface area contributed by atoms with Crippen LogP contribution in [0, 0.1) is 11.6 Å². The lowest BCUT2D eigenvalue weighted by atomic mass is 9.87. The number of nitrogens with zero attached hydrogens (tertiary/aromatic N) is 1. The number of benzene rings is 2. The first-order valence-electron chi connectivity index (χ1n) is 8.14. The molecule has 2 aromatic carbocycles. The molecule has 0 aromatic heterocycles. The molecule has 26 heavy (non-hydrogen) atoms. The zero-order valence-electron chi connectivity index (χ0n) is 14.4. The number of hydrogen-bond acceptors (Lipinski definition) is 3. The van der Waals surface area contributed by atoms with Crippen LogP contribution in [-0.4, -0.2) is 23.9 Å². The normalized spacial score (nSPS) is 19.6. The number of halogens is 2. The third-order valence-electron chi connectivity index (χ3n) is 4.61. The summed E-state index contributed by atoms with van der Waals surface area (Å²) in [5, 5.41) is 2.71. The zero-order valence-corrected chi connectivity index (χ0v) is 14.4. The first-order valence-corrected chi connectivity index (χ1v) is 8.14. The minimum Gasteiger partial charge on any atom is -0.496 e. The van der Waals surface area contributed by atoms with Crippen molar-refractivity contribution in [1.82, 2.24) is 10.2 Å². The Morgan fingerprint density at radius 3 is 2.35 bits per heavy atom. The van der Waals surface area contributed by atoms with Gasteiger partial charge in [-0.1, -0.05) is 19.1 Å². The summed E-state index contributed by atoms with van der Waals surface area (Å²) in [5.74, 6) is -1.02. The number of carbonyl (C=O) groups is 2. The summed E-state index contributed by atoms with van der Waals surface area (Å²) >= 11 is 0. The molecule has 0 bridgehead atoms. The highest BCUT2D eigenvalue weighted by atomic mass is 19.1. The van der Waals surface area contributed by atoms with Gasteiger partial charge in [0.2, 0.25) is 0 Å². The van der Waals surface area contributed by atoms with Gasteiger partial charge in [-0.2, -0.15) is 0 Å². The van der Waals surface area contributed by atoms with Crippen molar-refractivity contribution in [3.8, 4) is 5.75 Å². The Kier molecular flexibility index (Phi) is 4.63. The van der Waals surface area contributed by atoms with E-state index in [-0.39, 0.29) is 6.54 Å². The van der Waals surface area contributed by atoms with Crippen molar-refractivity contribution in [2.75, 3.05) is 7.11 Å². The molecule has 5 nitrogen and oxygen atoms in total. The zero-order chi connectivity index (χ0) is 18.9. The van der Waals surface area contributed by atoms with Crippen LogP contribution in [0.2, 0.25) is 0 Å². The Morgan fingerprint density at radius 1 is 1.08 bits per heavy atom. The average molecular weight is 360 g/mol. The molecule has 3 amide bonds. The lowest BCUT2D eigenvalue weighted by Gasteiger charge is -2.26. The third-order valence-corrected chi connectivity index (χ3v) is 4.61. The van der Waals surface area contributed by atoms with E-state index < -0.39 is 29.1 Å². The summed E-state index contributed by atoms with van der Waals surface area (Å²) in [6.07, 6.45) is 0.292. The van der Waals surface area contributed by atoms with Crippen LogP contribution in [0.4, 0.5) is 13.6 Å². The van der Waals surface area contributed by atoms with Crippen molar-refractivity contribution in [1.29, 1.82) is 0 Å². The first-order chi connectivity index (χ1) is 12.4. The third kappa shape index (κ3) is 2.89. The molecule has 0 radical (unpaired) electrons. The number of nitrogens with one attached hydrogen (secondary N) is 1. The van der Waals surface area contributed by atoms with E-state index in [0.29, 0.717) is 23.3 Å². The largest absolute Gasteiger partial charge is 0.496 e. The maximum atomic E-state index is 13.6. The van der Waals surface area contributed by atoms with E-state index in [1.165, 1.54) is 49.6 Å². The predicted molar refractivity (Wildman–Crippen MR) is 90.4 cm³/mol. The highest BCUT2D eigenvalue weighted by Crippen LogP contribution is 2.34. The summed E-state index contributed by atoms with van der Waals surface area (Å²) in [6.45, 7) is 1.63. The molecule has 3 rings (SSSR count). The first kappa shape index (κ1) is 17.8. The Balaban J connectivity index is 1.96. The van der Waals surface area contributed by atoms with E-state index in [0.717, 1.165) is 4.90 Å². The molecule has 1 fully saturated rings. The van der Waals surface area contributed by atoms with Gasteiger partial charge in [0.1, 0.15) is 22.9 Å². The molecule has 136 valence electrons. The summed E-state index contributed by atoms with van der Waals surface area (Å²) in [5.41, 5.74) is -0.402. The van der Waals surface area contributed by atoms with E-state index in [1.807, 2.05) is 0 Å². The number of methoxy groups -OCH3 is 1. The SMILES string of the molecule is CCC1(c2ccc(F)cc2)NC(=O)N(Cc2cc(F)ccc2OC)C1=O. The average Bonchev–Trinajstić information content (AvgIpc) is 2.87. The fourth-order valence-electron chi connectivity index (χ4n) is 3.18. The van der Waals surface area contributed by atoms with Crippen LogP contribution in [-0.2, 0) is 16.9 Å². The van der Waals surface area contributed by atoms with E-state index in [1.54, 1.807) is 6.92 Å². The molecule has 0 saturated carbocycles. The van der Waals surface area contributed by atoms with Crippen molar-refractivity contribution in [2.24, 2.45) is 0 Å². The number of carbonyl (C=O) groups excluding carboxylic acids is 2. The lowest BCUT2D eigenvalue weighted by Crippen LogP contribution is -2.43. The molecular weight excluding hydrogens is 342 g/mol. The predicted octanol–water partition coefficient (Wildman–Crippen LogP) is 3.33. The Hall–Kier alpha value is -2.96. The van der Waals surface area contributed by atoms with Gasteiger partial charge >= 0.3 is 6.03 Å². The monoisotopic (exact) mass is 360 g/mol. The van der Waals surface area contributed by atoms with Crippen molar-refractivity contribution < 1.29 is 23.1 Å². The molecule has 2 aromatic rings. The minimum absolute atomic E-state index is 0.130. The van der Waals surface area contributed by atoms with Crippen molar-refractivity contribution in [2.45, 2.75) is 25.4 Å². The van der Waals surface area contributed by atoms with Gasteiger partial charge in [-0.25, -0.2) is 13.6 Å². The quantitative estimate of drug-likeness (QED) is 0.832. The van der Waals surface area contributed by atoms with Crippen LogP contribution >= 0.6 is 0 Å². The number of urea groups is 1. The van der Waals surface area contributed by atoms with E-state index in [4.69, 9.17) is 4.74 Å². The molecule has 0 spiro atoms. The van der Waals surface area contributed by atoms with Gasteiger partial charge in [-0.05, 0) is 42.3 Å². The second-order valence-corrected chi connectivity index (χ2v) is 6.04. The van der Waals surface area contributed by atoms with Gasteiger partial charge in [0.05, 0.1) is 13.7 Å². The standard InChI is InChI=1S/C19H18F2N2O3/c1-3-19(13-4-6-14(20)7-5-13)17(24)23(18(25)22-19)11-12-10-15(21)8-9-16(12)26-2/h4-10H,3,11H2,1-2H3,(H,22,25). The molecule has 0 aliphatic carbocycles. The number of imide groups is 1. The minimum atomic E-state index is -1.27. The van der Waals surface area contributed by atoms with E-state index in [9.17, 15) is 18.4 Å². The second kappa shape index (κ2) is 6.74. The van der Waals surface area contributed by atoms with Crippen LogP contribution < -0.4 is 10.1 Å². The Labute approximate surface area is 149 Å². The second-order valence-electron chi connectivity index (χ2n) is 6.04. The van der Waals surface area contributed by atoms with Crippen LogP contribution in [0.15, 0.2) is 42.5 Å². The van der Waals surface area contributed by atoms with Gasteiger partial charge in [0.15, 0.2) is 0 Å². The van der Waals surface area contributed by atoms with Crippen LogP contribution in [0.1, 0.15) is 24.5 Å². The molecule has 1 saturated heterocycles. The summed E-state index contributed by atoms with van der Waals surface area (Å²) in [7, 11) is 1.43. The highest BCUT2D eigenvalue weighted by molar-refractivity contribution is 6.07. The number of rotatable bonds is 5. The van der Waals surface area contributed by atoms with Gasteiger partial charge in [0, 0.05) is 5.56 Å². The molecule has 1 aliphatic rings. The number of hydrogen-bond donors (Lipinski definition) is 1.